The standard InChI is InChI=1S/C14H15N3O2/c1-9-3-4-11(15)12(7-9)17-14(18)10-5-6-16-8-13(10)19-2/h3-8H,15H2,1-2H3,(H,17,18). The fourth-order valence-corrected chi connectivity index (χ4v) is 1.70. The number of benzene rings is 1. The van der Waals surface area contributed by atoms with E-state index in [1.165, 1.54) is 19.5 Å². The summed E-state index contributed by atoms with van der Waals surface area (Å²) in [5.41, 5.74) is 8.37. The molecule has 19 heavy (non-hydrogen) atoms. The van der Waals surface area contributed by atoms with Gasteiger partial charge in [0.15, 0.2) is 0 Å². The van der Waals surface area contributed by atoms with Crippen molar-refractivity contribution >= 4 is 17.3 Å². The van der Waals surface area contributed by atoms with E-state index in [0.717, 1.165) is 5.56 Å². The molecular weight excluding hydrogens is 242 g/mol. The Kier molecular flexibility index (Phi) is 3.66. The molecule has 0 saturated carbocycles. The van der Waals surface area contributed by atoms with E-state index >= 15 is 0 Å². The highest BCUT2D eigenvalue weighted by Gasteiger charge is 2.13. The van der Waals surface area contributed by atoms with Crippen LogP contribution in [0.1, 0.15) is 15.9 Å². The number of ether oxygens (including phenoxy) is 1. The van der Waals surface area contributed by atoms with Crippen LogP contribution in [0.25, 0.3) is 0 Å². The maximum absolute atomic E-state index is 12.2. The second-order valence-corrected chi connectivity index (χ2v) is 4.12. The zero-order valence-electron chi connectivity index (χ0n) is 10.8. The van der Waals surface area contributed by atoms with Crippen molar-refractivity contribution in [1.29, 1.82) is 0 Å². The van der Waals surface area contributed by atoms with Crippen LogP contribution in [0.5, 0.6) is 5.75 Å². The number of methoxy groups -OCH3 is 1. The number of rotatable bonds is 3. The molecule has 0 atom stereocenters. The zero-order valence-corrected chi connectivity index (χ0v) is 10.8. The van der Waals surface area contributed by atoms with Gasteiger partial charge in [0.1, 0.15) is 5.75 Å². The van der Waals surface area contributed by atoms with E-state index in [4.69, 9.17) is 10.5 Å². The van der Waals surface area contributed by atoms with Crippen LogP contribution in [-0.4, -0.2) is 18.0 Å². The fraction of sp³-hybridized carbons (Fsp3) is 0.143. The Labute approximate surface area is 111 Å². The largest absolute Gasteiger partial charge is 0.494 e. The van der Waals surface area contributed by atoms with E-state index in [1.54, 1.807) is 12.1 Å². The highest BCUT2D eigenvalue weighted by molar-refractivity contribution is 6.07. The number of carbonyl (C=O) groups excluding carboxylic acids is 1. The average Bonchev–Trinajstić information content (AvgIpc) is 2.42. The molecule has 1 aromatic carbocycles. The number of amides is 1. The van der Waals surface area contributed by atoms with E-state index in [0.29, 0.717) is 22.7 Å². The Morgan fingerprint density at radius 2 is 2.16 bits per heavy atom. The van der Waals surface area contributed by atoms with Crippen molar-refractivity contribution < 1.29 is 9.53 Å². The van der Waals surface area contributed by atoms with Crippen LogP contribution in [0.3, 0.4) is 0 Å². The van der Waals surface area contributed by atoms with Crippen molar-refractivity contribution in [3.63, 3.8) is 0 Å². The minimum atomic E-state index is -0.281. The minimum Gasteiger partial charge on any atom is -0.494 e. The molecule has 0 bridgehead atoms. The predicted octanol–water partition coefficient (Wildman–Crippen LogP) is 2.23. The lowest BCUT2D eigenvalue weighted by Gasteiger charge is -2.11. The van der Waals surface area contributed by atoms with Gasteiger partial charge in [-0.3, -0.25) is 9.78 Å². The summed E-state index contributed by atoms with van der Waals surface area (Å²) in [6.45, 7) is 1.93. The average molecular weight is 257 g/mol. The number of nitrogens with one attached hydrogen (secondary N) is 1. The number of aryl methyl sites for hydroxylation is 1. The first-order valence-electron chi connectivity index (χ1n) is 5.77. The van der Waals surface area contributed by atoms with E-state index in [2.05, 4.69) is 10.3 Å². The monoisotopic (exact) mass is 257 g/mol. The normalized spacial score (nSPS) is 10.0. The predicted molar refractivity (Wildman–Crippen MR) is 74.3 cm³/mol. The number of hydrogen-bond donors (Lipinski definition) is 2. The summed E-state index contributed by atoms with van der Waals surface area (Å²) in [5.74, 6) is 0.141. The van der Waals surface area contributed by atoms with Gasteiger partial charge in [-0.05, 0) is 30.7 Å². The van der Waals surface area contributed by atoms with Crippen molar-refractivity contribution in [1.82, 2.24) is 4.98 Å². The summed E-state index contributed by atoms with van der Waals surface area (Å²) < 4.78 is 5.10. The number of aromatic nitrogens is 1. The quantitative estimate of drug-likeness (QED) is 0.827. The Bertz CT molecular complexity index is 611. The van der Waals surface area contributed by atoms with Crippen LogP contribution >= 0.6 is 0 Å². The molecule has 1 aromatic heterocycles. The van der Waals surface area contributed by atoms with Gasteiger partial charge in [0.05, 0.1) is 30.2 Å². The molecule has 5 heteroatoms. The molecular formula is C14H15N3O2. The third-order valence-electron chi connectivity index (χ3n) is 2.71. The number of hydrogen-bond acceptors (Lipinski definition) is 4. The number of nitrogen functional groups attached to an aromatic ring is 1. The van der Waals surface area contributed by atoms with E-state index in [-0.39, 0.29) is 5.91 Å². The number of nitrogens with zero attached hydrogens (tertiary/aromatic N) is 1. The second-order valence-electron chi connectivity index (χ2n) is 4.12. The molecule has 2 rings (SSSR count). The number of carbonyl (C=O) groups is 1. The van der Waals surface area contributed by atoms with Gasteiger partial charge in [-0.2, -0.15) is 0 Å². The Balaban J connectivity index is 2.28. The molecule has 0 aliphatic carbocycles. The Morgan fingerprint density at radius 1 is 1.37 bits per heavy atom. The minimum absolute atomic E-state index is 0.281. The highest BCUT2D eigenvalue weighted by Crippen LogP contribution is 2.22. The van der Waals surface area contributed by atoms with Crippen molar-refractivity contribution in [3.8, 4) is 5.75 Å². The first-order valence-corrected chi connectivity index (χ1v) is 5.77. The van der Waals surface area contributed by atoms with E-state index < -0.39 is 0 Å². The smallest absolute Gasteiger partial charge is 0.259 e. The third kappa shape index (κ3) is 2.82. The number of anilines is 2. The number of pyridine rings is 1. The maximum Gasteiger partial charge on any atom is 0.259 e. The highest BCUT2D eigenvalue weighted by atomic mass is 16.5. The van der Waals surface area contributed by atoms with Crippen LogP contribution in [-0.2, 0) is 0 Å². The summed E-state index contributed by atoms with van der Waals surface area (Å²) in [6, 6.07) is 7.06. The van der Waals surface area contributed by atoms with Gasteiger partial charge in [-0.1, -0.05) is 6.07 Å². The van der Waals surface area contributed by atoms with Crippen LogP contribution in [0.4, 0.5) is 11.4 Å². The molecule has 5 nitrogen and oxygen atoms in total. The molecule has 3 N–H and O–H groups in total. The molecule has 1 amide bonds. The molecule has 2 aromatic rings. The van der Waals surface area contributed by atoms with Crippen LogP contribution < -0.4 is 15.8 Å². The Hall–Kier alpha value is -2.56. The Morgan fingerprint density at radius 3 is 2.89 bits per heavy atom. The lowest BCUT2D eigenvalue weighted by Crippen LogP contribution is -2.14. The number of nitrogens with two attached hydrogens (primary N) is 1. The lowest BCUT2D eigenvalue weighted by atomic mass is 10.1. The molecule has 0 saturated heterocycles. The van der Waals surface area contributed by atoms with E-state index in [9.17, 15) is 4.79 Å². The summed E-state index contributed by atoms with van der Waals surface area (Å²) in [7, 11) is 1.49. The van der Waals surface area contributed by atoms with Gasteiger partial charge in [-0.25, -0.2) is 0 Å². The molecule has 0 aliphatic rings. The van der Waals surface area contributed by atoms with Crippen LogP contribution in [0, 0.1) is 6.92 Å². The summed E-state index contributed by atoms with van der Waals surface area (Å²) >= 11 is 0. The van der Waals surface area contributed by atoms with Gasteiger partial charge in [-0.15, -0.1) is 0 Å². The van der Waals surface area contributed by atoms with Crippen molar-refractivity contribution in [2.75, 3.05) is 18.2 Å². The van der Waals surface area contributed by atoms with Crippen LogP contribution in [0.15, 0.2) is 36.7 Å². The molecule has 0 aliphatic heterocycles. The van der Waals surface area contributed by atoms with Crippen molar-refractivity contribution in [3.05, 3.63) is 47.8 Å². The molecule has 0 unspecified atom stereocenters. The maximum atomic E-state index is 12.2. The lowest BCUT2D eigenvalue weighted by molar-refractivity contribution is 0.102. The molecule has 98 valence electrons. The summed E-state index contributed by atoms with van der Waals surface area (Å²) in [4.78, 5) is 16.1. The SMILES string of the molecule is COc1cnccc1C(=O)Nc1cc(C)ccc1N. The fourth-order valence-electron chi connectivity index (χ4n) is 1.70. The molecule has 1 heterocycles. The van der Waals surface area contributed by atoms with Crippen LogP contribution in [0.2, 0.25) is 0 Å². The first-order chi connectivity index (χ1) is 9.11. The second kappa shape index (κ2) is 5.39. The van der Waals surface area contributed by atoms with Gasteiger partial charge >= 0.3 is 0 Å². The van der Waals surface area contributed by atoms with Gasteiger partial charge in [0.2, 0.25) is 0 Å². The van der Waals surface area contributed by atoms with Gasteiger partial charge < -0.3 is 15.8 Å². The first kappa shape index (κ1) is 12.9. The summed E-state index contributed by atoms with van der Waals surface area (Å²) in [6.07, 6.45) is 3.03. The summed E-state index contributed by atoms with van der Waals surface area (Å²) in [5, 5.41) is 2.77. The van der Waals surface area contributed by atoms with Gasteiger partial charge in [0, 0.05) is 6.20 Å². The topological polar surface area (TPSA) is 77.2 Å². The van der Waals surface area contributed by atoms with Gasteiger partial charge in [0.25, 0.3) is 5.91 Å². The van der Waals surface area contributed by atoms with E-state index in [1.807, 2.05) is 19.1 Å². The molecule has 0 spiro atoms. The zero-order chi connectivity index (χ0) is 13.8. The van der Waals surface area contributed by atoms with Crippen molar-refractivity contribution in [2.45, 2.75) is 6.92 Å². The molecule has 0 radical (unpaired) electrons. The third-order valence-corrected chi connectivity index (χ3v) is 2.71. The molecule has 0 fully saturated rings. The van der Waals surface area contributed by atoms with Crippen molar-refractivity contribution in [2.24, 2.45) is 0 Å².